The van der Waals surface area contributed by atoms with Gasteiger partial charge in [-0.1, -0.05) is 48.5 Å². The van der Waals surface area contributed by atoms with Gasteiger partial charge in [0.25, 0.3) is 0 Å². The number of aromatic hydroxyl groups is 2. The van der Waals surface area contributed by atoms with Crippen LogP contribution in [0, 0.1) is 0 Å². The fraction of sp³-hybridized carbons (Fsp3) is 0.250. The molecule has 0 saturated heterocycles. The van der Waals surface area contributed by atoms with Gasteiger partial charge in [-0.25, -0.2) is 0 Å². The number of nitrogens with zero attached hydrogens (tertiary/aromatic N) is 1. The molecule has 2 atom stereocenters. The number of benzene rings is 3. The van der Waals surface area contributed by atoms with Crippen molar-refractivity contribution in [1.29, 1.82) is 0 Å². The Kier molecular flexibility index (Phi) is 4.11. The molecule has 0 unspecified atom stereocenters. The SMILES string of the molecule is OCc1ccc2c(c1)CCN1[C@@H](c3ccccc3)c3cc(O)c(O)cc3C[C@@H]21. The van der Waals surface area contributed by atoms with Crippen molar-refractivity contribution in [2.75, 3.05) is 6.54 Å². The monoisotopic (exact) mass is 373 g/mol. The van der Waals surface area contributed by atoms with Gasteiger partial charge in [-0.2, -0.15) is 0 Å². The second-order valence-electron chi connectivity index (χ2n) is 7.75. The van der Waals surface area contributed by atoms with E-state index in [0.717, 1.165) is 36.1 Å². The minimum Gasteiger partial charge on any atom is -0.504 e. The fourth-order valence-electron chi connectivity index (χ4n) is 4.88. The molecule has 0 radical (unpaired) electrons. The zero-order chi connectivity index (χ0) is 19.3. The van der Waals surface area contributed by atoms with Crippen LogP contribution in [0.25, 0.3) is 0 Å². The van der Waals surface area contributed by atoms with Crippen LogP contribution in [0.1, 0.15) is 45.5 Å². The molecule has 0 saturated carbocycles. The lowest BCUT2D eigenvalue weighted by Gasteiger charge is -2.47. The van der Waals surface area contributed by atoms with Crippen molar-refractivity contribution >= 4 is 0 Å². The van der Waals surface area contributed by atoms with Crippen LogP contribution in [0.5, 0.6) is 11.5 Å². The Hall–Kier alpha value is -2.82. The van der Waals surface area contributed by atoms with Crippen LogP contribution in [0.2, 0.25) is 0 Å². The molecule has 0 aliphatic carbocycles. The van der Waals surface area contributed by atoms with Crippen LogP contribution in [0.3, 0.4) is 0 Å². The molecule has 4 nitrogen and oxygen atoms in total. The molecule has 0 aromatic heterocycles. The van der Waals surface area contributed by atoms with Crippen molar-refractivity contribution in [3.8, 4) is 11.5 Å². The second kappa shape index (κ2) is 6.66. The van der Waals surface area contributed by atoms with Gasteiger partial charge in [-0.3, -0.25) is 4.90 Å². The molecule has 28 heavy (non-hydrogen) atoms. The molecule has 0 amide bonds. The number of aliphatic hydroxyl groups is 1. The van der Waals surface area contributed by atoms with E-state index in [1.54, 1.807) is 12.1 Å². The number of phenols is 2. The Morgan fingerprint density at radius 1 is 0.857 bits per heavy atom. The highest BCUT2D eigenvalue weighted by Gasteiger charge is 2.39. The lowest BCUT2D eigenvalue weighted by atomic mass is 9.78. The Morgan fingerprint density at radius 2 is 1.64 bits per heavy atom. The van der Waals surface area contributed by atoms with E-state index in [9.17, 15) is 15.3 Å². The molecule has 3 aromatic carbocycles. The van der Waals surface area contributed by atoms with E-state index in [1.165, 1.54) is 16.7 Å². The fourth-order valence-corrected chi connectivity index (χ4v) is 4.88. The van der Waals surface area contributed by atoms with Crippen LogP contribution >= 0.6 is 0 Å². The lowest BCUT2D eigenvalue weighted by molar-refractivity contribution is 0.128. The second-order valence-corrected chi connectivity index (χ2v) is 7.75. The van der Waals surface area contributed by atoms with Crippen LogP contribution in [-0.4, -0.2) is 26.8 Å². The maximum Gasteiger partial charge on any atom is 0.157 e. The molecule has 4 heteroatoms. The Balaban J connectivity index is 1.68. The normalized spacial score (nSPS) is 20.9. The van der Waals surface area contributed by atoms with Crippen molar-refractivity contribution in [1.82, 2.24) is 4.90 Å². The smallest absolute Gasteiger partial charge is 0.157 e. The molecule has 0 spiro atoms. The maximum absolute atomic E-state index is 10.2. The maximum atomic E-state index is 10.2. The van der Waals surface area contributed by atoms with Gasteiger partial charge in [0.15, 0.2) is 11.5 Å². The summed E-state index contributed by atoms with van der Waals surface area (Å²) in [5.74, 6) is -0.131. The quantitative estimate of drug-likeness (QED) is 0.598. The minimum atomic E-state index is -0.0665. The van der Waals surface area contributed by atoms with Crippen LogP contribution < -0.4 is 0 Å². The molecule has 2 heterocycles. The summed E-state index contributed by atoms with van der Waals surface area (Å²) in [5.41, 5.74) is 6.87. The van der Waals surface area contributed by atoms with Gasteiger partial charge in [0.1, 0.15) is 0 Å². The van der Waals surface area contributed by atoms with Gasteiger partial charge in [0.05, 0.1) is 12.6 Å². The predicted molar refractivity (Wildman–Crippen MR) is 107 cm³/mol. The Labute approximate surface area is 164 Å². The van der Waals surface area contributed by atoms with Crippen molar-refractivity contribution in [2.24, 2.45) is 0 Å². The van der Waals surface area contributed by atoms with Gasteiger partial charge < -0.3 is 15.3 Å². The zero-order valence-electron chi connectivity index (χ0n) is 15.5. The zero-order valence-corrected chi connectivity index (χ0v) is 15.5. The molecule has 0 bridgehead atoms. The topological polar surface area (TPSA) is 63.9 Å². The van der Waals surface area contributed by atoms with E-state index in [1.807, 2.05) is 24.3 Å². The third-order valence-electron chi connectivity index (χ3n) is 6.18. The summed E-state index contributed by atoms with van der Waals surface area (Å²) in [4.78, 5) is 2.51. The molecule has 142 valence electrons. The third-order valence-corrected chi connectivity index (χ3v) is 6.18. The lowest BCUT2D eigenvalue weighted by Crippen LogP contribution is -2.43. The van der Waals surface area contributed by atoms with Gasteiger partial charge in [0.2, 0.25) is 0 Å². The minimum absolute atomic E-state index is 0.0344. The first-order chi connectivity index (χ1) is 13.7. The first-order valence-electron chi connectivity index (χ1n) is 9.73. The highest BCUT2D eigenvalue weighted by molar-refractivity contribution is 5.52. The van der Waals surface area contributed by atoms with Crippen molar-refractivity contribution < 1.29 is 15.3 Å². The summed E-state index contributed by atoms with van der Waals surface area (Å²) >= 11 is 0. The van der Waals surface area contributed by atoms with Gasteiger partial charge in [-0.05, 0) is 58.4 Å². The molecular formula is C24H23NO3. The number of fused-ring (bicyclic) bond motifs is 4. The summed E-state index contributed by atoms with van der Waals surface area (Å²) in [6.45, 7) is 0.970. The summed E-state index contributed by atoms with van der Waals surface area (Å²) in [6.07, 6.45) is 1.72. The summed E-state index contributed by atoms with van der Waals surface area (Å²) < 4.78 is 0. The van der Waals surface area contributed by atoms with Crippen molar-refractivity contribution in [3.63, 3.8) is 0 Å². The third kappa shape index (κ3) is 2.68. The molecule has 2 aliphatic heterocycles. The largest absolute Gasteiger partial charge is 0.504 e. The summed E-state index contributed by atoms with van der Waals surface area (Å²) in [5, 5.41) is 29.7. The standard InChI is InChI=1S/C24H23NO3/c26-14-15-6-7-19-17(10-15)8-9-25-21(19)11-18-12-22(27)23(28)13-20(18)24(25)16-4-2-1-3-5-16/h1-7,10,12-13,21,24,26-28H,8-9,11,14H2/t21-,24-/m0/s1. The first-order valence-corrected chi connectivity index (χ1v) is 9.73. The van der Waals surface area contributed by atoms with E-state index in [4.69, 9.17) is 0 Å². The first kappa shape index (κ1) is 17.3. The number of rotatable bonds is 2. The number of hydrogen-bond acceptors (Lipinski definition) is 4. The molecule has 0 fully saturated rings. The van der Waals surface area contributed by atoms with E-state index in [0.29, 0.717) is 0 Å². The molecule has 2 aliphatic rings. The summed E-state index contributed by atoms with van der Waals surface area (Å²) in [6, 6.07) is 20.3. The highest BCUT2D eigenvalue weighted by atomic mass is 16.3. The molecule has 5 rings (SSSR count). The average molecular weight is 373 g/mol. The van der Waals surface area contributed by atoms with Crippen LogP contribution in [0.4, 0.5) is 0 Å². The predicted octanol–water partition coefficient (Wildman–Crippen LogP) is 3.84. The average Bonchev–Trinajstić information content (AvgIpc) is 2.73. The van der Waals surface area contributed by atoms with Gasteiger partial charge in [0, 0.05) is 12.6 Å². The molecule has 3 N–H and O–H groups in total. The van der Waals surface area contributed by atoms with Crippen LogP contribution in [-0.2, 0) is 19.4 Å². The van der Waals surface area contributed by atoms with Gasteiger partial charge in [-0.15, -0.1) is 0 Å². The van der Waals surface area contributed by atoms with Crippen molar-refractivity contribution in [3.05, 3.63) is 94.0 Å². The number of phenolic OH excluding ortho intramolecular Hbond substituents is 2. The van der Waals surface area contributed by atoms with E-state index >= 15 is 0 Å². The van der Waals surface area contributed by atoms with E-state index in [-0.39, 0.29) is 30.2 Å². The summed E-state index contributed by atoms with van der Waals surface area (Å²) in [7, 11) is 0. The highest BCUT2D eigenvalue weighted by Crippen LogP contribution is 2.48. The molecular weight excluding hydrogens is 350 g/mol. The number of hydrogen-bond donors (Lipinski definition) is 3. The Bertz CT molecular complexity index is 1030. The van der Waals surface area contributed by atoms with E-state index < -0.39 is 0 Å². The van der Waals surface area contributed by atoms with E-state index in [2.05, 4.69) is 29.2 Å². The molecule has 3 aromatic rings. The Morgan fingerprint density at radius 3 is 2.43 bits per heavy atom. The van der Waals surface area contributed by atoms with Crippen molar-refractivity contribution in [2.45, 2.75) is 31.5 Å². The van der Waals surface area contributed by atoms with Crippen LogP contribution in [0.15, 0.2) is 60.7 Å². The number of aliphatic hydroxyl groups excluding tert-OH is 1. The van der Waals surface area contributed by atoms with Gasteiger partial charge >= 0.3 is 0 Å².